The summed E-state index contributed by atoms with van der Waals surface area (Å²) in [6.07, 6.45) is 0. The average molecular weight is 372 g/mol. The fourth-order valence-corrected chi connectivity index (χ4v) is 2.48. The summed E-state index contributed by atoms with van der Waals surface area (Å²) < 4.78 is 15.8. The third-order valence-corrected chi connectivity index (χ3v) is 3.79. The third kappa shape index (κ3) is 5.37. The highest BCUT2D eigenvalue weighted by Crippen LogP contribution is 2.28. The van der Waals surface area contributed by atoms with Crippen LogP contribution in [0.2, 0.25) is 0 Å². The van der Waals surface area contributed by atoms with Crippen LogP contribution in [0.4, 0.5) is 5.69 Å². The molecule has 0 atom stereocenters. The Morgan fingerprint density at radius 2 is 1.81 bits per heavy atom. The summed E-state index contributed by atoms with van der Waals surface area (Å²) >= 11 is 0. The molecule has 1 N–H and O–H groups in total. The van der Waals surface area contributed by atoms with E-state index in [0.29, 0.717) is 35.1 Å². The normalized spacial score (nSPS) is 10.1. The molecule has 0 saturated heterocycles. The van der Waals surface area contributed by atoms with Crippen LogP contribution in [-0.4, -0.2) is 51.1 Å². The van der Waals surface area contributed by atoms with Gasteiger partial charge in [0, 0.05) is 24.4 Å². The Kier molecular flexibility index (Phi) is 7.05. The third-order valence-electron chi connectivity index (χ3n) is 3.79. The van der Waals surface area contributed by atoms with Crippen molar-refractivity contribution in [3.05, 3.63) is 48.0 Å². The molecule has 0 fully saturated rings. The zero-order valence-corrected chi connectivity index (χ0v) is 15.9. The Labute approximate surface area is 158 Å². The van der Waals surface area contributed by atoms with E-state index in [0.717, 1.165) is 0 Å². The lowest BCUT2D eigenvalue weighted by atomic mass is 10.1. The monoisotopic (exact) mass is 372 g/mol. The topological polar surface area (TPSA) is 77.1 Å². The molecule has 2 aromatic carbocycles. The van der Waals surface area contributed by atoms with Crippen molar-refractivity contribution >= 4 is 17.5 Å². The van der Waals surface area contributed by atoms with Crippen LogP contribution in [0.5, 0.6) is 17.2 Å². The zero-order chi connectivity index (χ0) is 19.8. The number of methoxy groups -OCH3 is 2. The summed E-state index contributed by atoms with van der Waals surface area (Å²) in [4.78, 5) is 26.2. The van der Waals surface area contributed by atoms with Gasteiger partial charge >= 0.3 is 0 Å². The minimum atomic E-state index is -0.308. The first kappa shape index (κ1) is 20.1. The van der Waals surface area contributed by atoms with Gasteiger partial charge in [0.2, 0.25) is 5.91 Å². The van der Waals surface area contributed by atoms with Crippen LogP contribution < -0.4 is 19.5 Å². The molecule has 0 aliphatic heterocycles. The second-order valence-corrected chi connectivity index (χ2v) is 5.74. The molecule has 0 radical (unpaired) electrons. The van der Waals surface area contributed by atoms with Crippen molar-refractivity contribution < 1.29 is 23.8 Å². The van der Waals surface area contributed by atoms with E-state index in [1.807, 2.05) is 6.92 Å². The maximum absolute atomic E-state index is 12.6. The molecule has 0 spiro atoms. The number of amides is 2. The highest BCUT2D eigenvalue weighted by atomic mass is 16.5. The van der Waals surface area contributed by atoms with Gasteiger partial charge in [-0.2, -0.15) is 0 Å². The standard InChI is InChI=1S/C20H24N2O5/c1-5-27-17-10-9-14(11-18(17)26-4)20(24)22(2)13-19(23)21-15-7-6-8-16(12-15)25-3/h6-12H,5,13H2,1-4H3,(H,21,23). The van der Waals surface area contributed by atoms with Crippen LogP contribution in [0.3, 0.4) is 0 Å². The molecular formula is C20H24N2O5. The fraction of sp³-hybridized carbons (Fsp3) is 0.300. The van der Waals surface area contributed by atoms with Gasteiger partial charge < -0.3 is 24.4 Å². The number of ether oxygens (including phenoxy) is 3. The van der Waals surface area contributed by atoms with Crippen LogP contribution in [-0.2, 0) is 4.79 Å². The van der Waals surface area contributed by atoms with Gasteiger partial charge in [0.1, 0.15) is 5.75 Å². The van der Waals surface area contributed by atoms with Gasteiger partial charge in [-0.15, -0.1) is 0 Å². The van der Waals surface area contributed by atoms with E-state index in [4.69, 9.17) is 14.2 Å². The zero-order valence-electron chi connectivity index (χ0n) is 15.9. The van der Waals surface area contributed by atoms with Crippen molar-refractivity contribution in [3.63, 3.8) is 0 Å². The van der Waals surface area contributed by atoms with E-state index >= 15 is 0 Å². The Morgan fingerprint density at radius 1 is 1.04 bits per heavy atom. The van der Waals surface area contributed by atoms with Crippen LogP contribution >= 0.6 is 0 Å². The smallest absolute Gasteiger partial charge is 0.254 e. The second kappa shape index (κ2) is 9.47. The molecular weight excluding hydrogens is 348 g/mol. The Morgan fingerprint density at radius 3 is 2.48 bits per heavy atom. The van der Waals surface area contributed by atoms with Crippen molar-refractivity contribution in [2.45, 2.75) is 6.92 Å². The Bertz CT molecular complexity index is 807. The van der Waals surface area contributed by atoms with Gasteiger partial charge in [-0.05, 0) is 37.3 Å². The van der Waals surface area contributed by atoms with Crippen LogP contribution in [0.1, 0.15) is 17.3 Å². The molecule has 0 aliphatic rings. The molecule has 0 aliphatic carbocycles. The second-order valence-electron chi connectivity index (χ2n) is 5.74. The SMILES string of the molecule is CCOc1ccc(C(=O)N(C)CC(=O)Nc2cccc(OC)c2)cc1OC. The van der Waals surface area contributed by atoms with Crippen molar-refractivity contribution in [1.82, 2.24) is 4.90 Å². The Balaban J connectivity index is 2.03. The van der Waals surface area contributed by atoms with E-state index in [2.05, 4.69) is 5.32 Å². The average Bonchev–Trinajstić information content (AvgIpc) is 2.67. The predicted octanol–water partition coefficient (Wildman–Crippen LogP) is 2.81. The van der Waals surface area contributed by atoms with E-state index in [1.165, 1.54) is 12.0 Å². The number of hydrogen-bond donors (Lipinski definition) is 1. The lowest BCUT2D eigenvalue weighted by Gasteiger charge is -2.18. The number of carbonyl (C=O) groups is 2. The van der Waals surface area contributed by atoms with Crippen LogP contribution in [0.15, 0.2) is 42.5 Å². The van der Waals surface area contributed by atoms with Crippen LogP contribution in [0.25, 0.3) is 0 Å². The van der Waals surface area contributed by atoms with E-state index in [-0.39, 0.29) is 18.4 Å². The van der Waals surface area contributed by atoms with Gasteiger partial charge in [0.05, 0.1) is 27.4 Å². The van der Waals surface area contributed by atoms with Crippen molar-refractivity contribution in [2.24, 2.45) is 0 Å². The number of rotatable bonds is 8. The first-order valence-corrected chi connectivity index (χ1v) is 8.48. The summed E-state index contributed by atoms with van der Waals surface area (Å²) in [5, 5.41) is 2.74. The molecule has 2 rings (SSSR count). The number of hydrogen-bond acceptors (Lipinski definition) is 5. The highest BCUT2D eigenvalue weighted by Gasteiger charge is 2.17. The number of benzene rings is 2. The molecule has 0 heterocycles. The van der Waals surface area contributed by atoms with Gasteiger partial charge in [0.15, 0.2) is 11.5 Å². The molecule has 2 amide bonds. The first-order chi connectivity index (χ1) is 13.0. The molecule has 0 saturated carbocycles. The lowest BCUT2D eigenvalue weighted by Crippen LogP contribution is -2.34. The number of anilines is 1. The van der Waals surface area contributed by atoms with Crippen molar-refractivity contribution in [1.29, 1.82) is 0 Å². The molecule has 27 heavy (non-hydrogen) atoms. The van der Waals surface area contributed by atoms with Gasteiger partial charge in [-0.1, -0.05) is 6.07 Å². The minimum Gasteiger partial charge on any atom is -0.497 e. The maximum Gasteiger partial charge on any atom is 0.254 e. The molecule has 0 unspecified atom stereocenters. The van der Waals surface area contributed by atoms with Gasteiger partial charge in [-0.3, -0.25) is 9.59 Å². The number of nitrogens with zero attached hydrogens (tertiary/aromatic N) is 1. The van der Waals surface area contributed by atoms with Crippen molar-refractivity contribution in [3.8, 4) is 17.2 Å². The van der Waals surface area contributed by atoms with E-state index < -0.39 is 0 Å². The molecule has 0 aromatic heterocycles. The first-order valence-electron chi connectivity index (χ1n) is 8.48. The Hall–Kier alpha value is -3.22. The van der Waals surface area contributed by atoms with Crippen molar-refractivity contribution in [2.75, 3.05) is 39.7 Å². The summed E-state index contributed by atoms with van der Waals surface area (Å²) in [7, 11) is 4.63. The summed E-state index contributed by atoms with van der Waals surface area (Å²) in [5.41, 5.74) is 1.01. The van der Waals surface area contributed by atoms with Gasteiger partial charge in [-0.25, -0.2) is 0 Å². The molecule has 7 nitrogen and oxygen atoms in total. The molecule has 2 aromatic rings. The lowest BCUT2D eigenvalue weighted by molar-refractivity contribution is -0.116. The molecule has 0 bridgehead atoms. The fourth-order valence-electron chi connectivity index (χ4n) is 2.48. The molecule has 144 valence electrons. The van der Waals surface area contributed by atoms with Crippen LogP contribution in [0, 0.1) is 0 Å². The largest absolute Gasteiger partial charge is 0.497 e. The molecule has 7 heteroatoms. The van der Waals surface area contributed by atoms with Gasteiger partial charge in [0.25, 0.3) is 5.91 Å². The highest BCUT2D eigenvalue weighted by molar-refractivity contribution is 5.99. The number of likely N-dealkylation sites (N-methyl/N-ethyl adjacent to an activating group) is 1. The summed E-state index contributed by atoms with van der Waals surface area (Å²) in [5.74, 6) is 1.07. The number of nitrogens with one attached hydrogen (secondary N) is 1. The number of carbonyl (C=O) groups excluding carboxylic acids is 2. The summed E-state index contributed by atoms with van der Waals surface area (Å²) in [6.45, 7) is 2.27. The van der Waals surface area contributed by atoms with E-state index in [1.54, 1.807) is 56.6 Å². The maximum atomic E-state index is 12.6. The minimum absolute atomic E-state index is 0.0917. The van der Waals surface area contributed by atoms with E-state index in [9.17, 15) is 9.59 Å². The quantitative estimate of drug-likeness (QED) is 0.771. The summed E-state index contributed by atoms with van der Waals surface area (Å²) in [6, 6.07) is 11.9. The predicted molar refractivity (Wildman–Crippen MR) is 103 cm³/mol.